The summed E-state index contributed by atoms with van der Waals surface area (Å²) in [6.45, 7) is 4.50. The first-order chi connectivity index (χ1) is 8.63. The molecule has 0 bridgehead atoms. The fourth-order valence-corrected chi connectivity index (χ4v) is 2.36. The second kappa shape index (κ2) is 5.78. The molecule has 2 aromatic rings. The lowest BCUT2D eigenvalue weighted by atomic mass is 10.1. The molecule has 1 aromatic carbocycles. The molecule has 0 saturated carbocycles. The minimum Gasteiger partial charge on any atom is -0.350 e. The van der Waals surface area contributed by atoms with E-state index in [-0.39, 0.29) is 5.91 Å². The van der Waals surface area contributed by atoms with Gasteiger partial charge in [0.15, 0.2) is 0 Å². The summed E-state index contributed by atoms with van der Waals surface area (Å²) in [6, 6.07) is 8.01. The van der Waals surface area contributed by atoms with Gasteiger partial charge in [-0.2, -0.15) is 0 Å². The zero-order valence-corrected chi connectivity index (χ0v) is 11.4. The number of hydrogen-bond acceptors (Lipinski definition) is 3. The van der Waals surface area contributed by atoms with Gasteiger partial charge in [-0.3, -0.25) is 4.79 Å². The number of nitrogens with one attached hydrogen (secondary N) is 1. The Bertz CT molecular complexity index is 548. The van der Waals surface area contributed by atoms with Crippen LogP contribution >= 0.6 is 11.3 Å². The Morgan fingerprint density at radius 3 is 2.89 bits per heavy atom. The number of carbonyl (C=O) groups is 1. The van der Waals surface area contributed by atoms with Gasteiger partial charge >= 0.3 is 0 Å². The van der Waals surface area contributed by atoms with Gasteiger partial charge < -0.3 is 5.32 Å². The summed E-state index contributed by atoms with van der Waals surface area (Å²) in [6.07, 6.45) is 0.421. The highest BCUT2D eigenvalue weighted by Gasteiger charge is 2.04. The Kier molecular flexibility index (Phi) is 4.10. The lowest BCUT2D eigenvalue weighted by molar-refractivity contribution is -0.120. The number of amides is 1. The molecule has 1 amide bonds. The fraction of sp³-hybridized carbons (Fsp3) is 0.286. The van der Waals surface area contributed by atoms with Crippen molar-refractivity contribution in [1.29, 1.82) is 0 Å². The van der Waals surface area contributed by atoms with Gasteiger partial charge in [0.25, 0.3) is 0 Å². The molecule has 2 rings (SSSR count). The third-order valence-corrected chi connectivity index (χ3v) is 3.40. The molecule has 0 aliphatic carbocycles. The summed E-state index contributed by atoms with van der Waals surface area (Å²) >= 11 is 1.60. The Morgan fingerprint density at radius 2 is 2.22 bits per heavy atom. The minimum atomic E-state index is 0.0336. The van der Waals surface area contributed by atoms with Crippen LogP contribution < -0.4 is 5.32 Å². The molecule has 1 aromatic heterocycles. The van der Waals surface area contributed by atoms with E-state index in [9.17, 15) is 4.79 Å². The van der Waals surface area contributed by atoms with Gasteiger partial charge in [0, 0.05) is 5.38 Å². The highest BCUT2D eigenvalue weighted by atomic mass is 32.1. The van der Waals surface area contributed by atoms with Crippen LogP contribution in [0.25, 0.3) is 0 Å². The molecular formula is C14H16N2OS. The highest BCUT2D eigenvalue weighted by molar-refractivity contribution is 7.09. The maximum Gasteiger partial charge on any atom is 0.224 e. The zero-order valence-electron chi connectivity index (χ0n) is 10.6. The van der Waals surface area contributed by atoms with Crippen LogP contribution in [0.1, 0.15) is 21.8 Å². The van der Waals surface area contributed by atoms with E-state index in [1.165, 1.54) is 5.56 Å². The number of hydrogen-bond donors (Lipinski definition) is 1. The van der Waals surface area contributed by atoms with Crippen molar-refractivity contribution in [2.24, 2.45) is 0 Å². The molecule has 4 heteroatoms. The maximum absolute atomic E-state index is 11.8. The normalized spacial score (nSPS) is 10.3. The second-order valence-electron chi connectivity index (χ2n) is 4.30. The van der Waals surface area contributed by atoms with Gasteiger partial charge in [0.1, 0.15) is 0 Å². The van der Waals surface area contributed by atoms with Gasteiger partial charge in [-0.05, 0) is 19.4 Å². The summed E-state index contributed by atoms with van der Waals surface area (Å²) < 4.78 is 0. The molecule has 1 N–H and O–H groups in total. The van der Waals surface area contributed by atoms with Crippen molar-refractivity contribution in [3.8, 4) is 0 Å². The van der Waals surface area contributed by atoms with E-state index >= 15 is 0 Å². The largest absolute Gasteiger partial charge is 0.350 e. The molecule has 0 aliphatic heterocycles. The lowest BCUT2D eigenvalue weighted by Gasteiger charge is -2.04. The van der Waals surface area contributed by atoms with Crippen molar-refractivity contribution in [2.75, 3.05) is 0 Å². The van der Waals surface area contributed by atoms with Crippen LogP contribution in [0.15, 0.2) is 29.6 Å². The van der Waals surface area contributed by atoms with Crippen molar-refractivity contribution in [2.45, 2.75) is 26.8 Å². The van der Waals surface area contributed by atoms with Crippen molar-refractivity contribution in [3.05, 3.63) is 51.5 Å². The first-order valence-electron chi connectivity index (χ1n) is 5.87. The molecule has 18 heavy (non-hydrogen) atoms. The van der Waals surface area contributed by atoms with Crippen LogP contribution in [0, 0.1) is 13.8 Å². The van der Waals surface area contributed by atoms with Crippen LogP contribution in [-0.4, -0.2) is 10.9 Å². The summed E-state index contributed by atoms with van der Waals surface area (Å²) in [5.41, 5.74) is 3.15. The Hall–Kier alpha value is -1.68. The monoisotopic (exact) mass is 260 g/mol. The molecule has 0 atom stereocenters. The second-order valence-corrected chi connectivity index (χ2v) is 5.36. The van der Waals surface area contributed by atoms with Crippen LogP contribution in [0.2, 0.25) is 0 Å². The minimum absolute atomic E-state index is 0.0336. The summed E-state index contributed by atoms with van der Waals surface area (Å²) in [5.74, 6) is 0.0336. The van der Waals surface area contributed by atoms with Crippen molar-refractivity contribution in [3.63, 3.8) is 0 Å². The quantitative estimate of drug-likeness (QED) is 0.918. The van der Waals surface area contributed by atoms with Gasteiger partial charge in [-0.15, -0.1) is 11.3 Å². The van der Waals surface area contributed by atoms with E-state index in [2.05, 4.69) is 10.3 Å². The molecule has 0 aliphatic rings. The van der Waals surface area contributed by atoms with E-state index in [0.717, 1.165) is 16.3 Å². The summed E-state index contributed by atoms with van der Waals surface area (Å²) in [4.78, 5) is 16.1. The van der Waals surface area contributed by atoms with Gasteiger partial charge in [0.05, 0.1) is 23.7 Å². The zero-order chi connectivity index (χ0) is 13.0. The van der Waals surface area contributed by atoms with Crippen LogP contribution in [0.3, 0.4) is 0 Å². The third kappa shape index (κ3) is 3.67. The lowest BCUT2D eigenvalue weighted by Crippen LogP contribution is -2.24. The average molecular weight is 260 g/mol. The Labute approximate surface area is 111 Å². The molecule has 94 valence electrons. The SMILES string of the molecule is Cc1cccc(CC(=O)NCc2csc(C)n2)c1. The molecule has 0 unspecified atom stereocenters. The number of thiazole rings is 1. The molecular weight excluding hydrogens is 244 g/mol. The highest BCUT2D eigenvalue weighted by Crippen LogP contribution is 2.08. The van der Waals surface area contributed by atoms with Crippen LogP contribution in [0.5, 0.6) is 0 Å². The van der Waals surface area contributed by atoms with Crippen molar-refractivity contribution >= 4 is 17.2 Å². The number of nitrogens with zero attached hydrogens (tertiary/aromatic N) is 1. The standard InChI is InChI=1S/C14H16N2OS/c1-10-4-3-5-12(6-10)7-14(17)15-8-13-9-18-11(2)16-13/h3-6,9H,7-8H2,1-2H3,(H,15,17). The summed E-state index contributed by atoms with van der Waals surface area (Å²) in [5, 5.41) is 5.89. The van der Waals surface area contributed by atoms with Crippen molar-refractivity contribution in [1.82, 2.24) is 10.3 Å². The van der Waals surface area contributed by atoms with E-state index in [4.69, 9.17) is 0 Å². The van der Waals surface area contributed by atoms with Gasteiger partial charge in [-0.1, -0.05) is 29.8 Å². The van der Waals surface area contributed by atoms with E-state index < -0.39 is 0 Å². The first kappa shape index (κ1) is 12.8. The molecule has 1 heterocycles. The predicted molar refractivity (Wildman–Crippen MR) is 73.6 cm³/mol. The van der Waals surface area contributed by atoms with Crippen molar-refractivity contribution < 1.29 is 4.79 Å². The van der Waals surface area contributed by atoms with Gasteiger partial charge in [0.2, 0.25) is 5.91 Å². The van der Waals surface area contributed by atoms with E-state index in [1.807, 2.05) is 43.5 Å². The van der Waals surface area contributed by atoms with Crippen LogP contribution in [0.4, 0.5) is 0 Å². The van der Waals surface area contributed by atoms with E-state index in [1.54, 1.807) is 11.3 Å². The molecule has 3 nitrogen and oxygen atoms in total. The maximum atomic E-state index is 11.8. The number of aryl methyl sites for hydroxylation is 2. The van der Waals surface area contributed by atoms with Crippen LogP contribution in [-0.2, 0) is 17.8 Å². The number of rotatable bonds is 4. The number of carbonyl (C=O) groups excluding carboxylic acids is 1. The molecule has 0 radical (unpaired) electrons. The predicted octanol–water partition coefficient (Wildman–Crippen LogP) is 2.62. The van der Waals surface area contributed by atoms with Gasteiger partial charge in [-0.25, -0.2) is 4.98 Å². The molecule has 0 fully saturated rings. The third-order valence-electron chi connectivity index (χ3n) is 2.58. The van der Waals surface area contributed by atoms with E-state index in [0.29, 0.717) is 13.0 Å². The Morgan fingerprint density at radius 1 is 1.39 bits per heavy atom. The first-order valence-corrected chi connectivity index (χ1v) is 6.75. The number of benzene rings is 1. The Balaban J connectivity index is 1.85. The smallest absolute Gasteiger partial charge is 0.224 e. The fourth-order valence-electron chi connectivity index (χ4n) is 1.75. The molecule has 0 saturated heterocycles. The topological polar surface area (TPSA) is 42.0 Å². The average Bonchev–Trinajstić information content (AvgIpc) is 2.73. The summed E-state index contributed by atoms with van der Waals surface area (Å²) in [7, 11) is 0. The number of aromatic nitrogens is 1. The molecule has 0 spiro atoms.